The van der Waals surface area contributed by atoms with Crippen molar-refractivity contribution in [3.63, 3.8) is 0 Å². The van der Waals surface area contributed by atoms with Crippen LogP contribution in [-0.4, -0.2) is 4.98 Å². The standard InChI is InChI=1S/C13H14ClN3/c1-8-3-4-12(10(14)5-8)17-13-6-9(2)11(15)7-16-13/h3-7H,15H2,1-2H3,(H,16,17). The van der Waals surface area contributed by atoms with E-state index >= 15 is 0 Å². The maximum Gasteiger partial charge on any atom is 0.130 e. The molecule has 0 unspecified atom stereocenters. The van der Waals surface area contributed by atoms with Crippen LogP contribution in [0.2, 0.25) is 5.02 Å². The number of aryl methyl sites for hydroxylation is 2. The molecule has 0 saturated carbocycles. The molecule has 0 radical (unpaired) electrons. The molecule has 0 aliphatic rings. The van der Waals surface area contributed by atoms with E-state index in [1.165, 1.54) is 0 Å². The van der Waals surface area contributed by atoms with Crippen LogP contribution in [0, 0.1) is 13.8 Å². The fraction of sp³-hybridized carbons (Fsp3) is 0.154. The molecule has 1 aromatic heterocycles. The van der Waals surface area contributed by atoms with Crippen LogP contribution in [0.25, 0.3) is 0 Å². The van der Waals surface area contributed by atoms with Gasteiger partial charge in [-0.25, -0.2) is 4.98 Å². The van der Waals surface area contributed by atoms with Crippen LogP contribution < -0.4 is 11.1 Å². The Morgan fingerprint density at radius 2 is 2.00 bits per heavy atom. The quantitative estimate of drug-likeness (QED) is 0.851. The molecule has 0 aliphatic heterocycles. The second-order valence-corrected chi connectivity index (χ2v) is 4.44. The van der Waals surface area contributed by atoms with Gasteiger partial charge in [0.1, 0.15) is 5.82 Å². The van der Waals surface area contributed by atoms with E-state index in [1.807, 2.05) is 38.1 Å². The van der Waals surface area contributed by atoms with Crippen LogP contribution in [0.15, 0.2) is 30.5 Å². The highest BCUT2D eigenvalue weighted by Gasteiger charge is 2.03. The van der Waals surface area contributed by atoms with Crippen molar-refractivity contribution in [2.45, 2.75) is 13.8 Å². The van der Waals surface area contributed by atoms with Gasteiger partial charge in [-0.3, -0.25) is 0 Å². The SMILES string of the molecule is Cc1ccc(Nc2cc(C)c(N)cn2)c(Cl)c1. The lowest BCUT2D eigenvalue weighted by Crippen LogP contribution is -1.97. The molecule has 17 heavy (non-hydrogen) atoms. The Kier molecular flexibility index (Phi) is 3.20. The second-order valence-electron chi connectivity index (χ2n) is 4.03. The topological polar surface area (TPSA) is 50.9 Å². The van der Waals surface area contributed by atoms with E-state index in [-0.39, 0.29) is 0 Å². The van der Waals surface area contributed by atoms with Crippen LogP contribution in [0.3, 0.4) is 0 Å². The molecule has 1 heterocycles. The van der Waals surface area contributed by atoms with E-state index in [2.05, 4.69) is 10.3 Å². The van der Waals surface area contributed by atoms with E-state index in [4.69, 9.17) is 17.3 Å². The highest BCUT2D eigenvalue weighted by Crippen LogP contribution is 2.26. The fourth-order valence-electron chi connectivity index (χ4n) is 1.49. The molecule has 0 fully saturated rings. The molecule has 0 atom stereocenters. The van der Waals surface area contributed by atoms with Crippen molar-refractivity contribution in [2.24, 2.45) is 0 Å². The molecule has 2 rings (SSSR count). The monoisotopic (exact) mass is 247 g/mol. The molecule has 1 aromatic carbocycles. The summed E-state index contributed by atoms with van der Waals surface area (Å²) in [7, 11) is 0. The average molecular weight is 248 g/mol. The summed E-state index contributed by atoms with van der Waals surface area (Å²) in [5.41, 5.74) is 9.36. The molecule has 0 aliphatic carbocycles. The second kappa shape index (κ2) is 4.63. The Morgan fingerprint density at radius 1 is 1.24 bits per heavy atom. The van der Waals surface area contributed by atoms with Crippen molar-refractivity contribution < 1.29 is 0 Å². The number of nitrogens with zero attached hydrogens (tertiary/aromatic N) is 1. The molecule has 88 valence electrons. The van der Waals surface area contributed by atoms with Gasteiger partial charge >= 0.3 is 0 Å². The Labute approximate surface area is 106 Å². The molecular formula is C13H14ClN3. The van der Waals surface area contributed by atoms with Crippen molar-refractivity contribution in [1.29, 1.82) is 0 Å². The van der Waals surface area contributed by atoms with Crippen molar-refractivity contribution in [1.82, 2.24) is 4.98 Å². The summed E-state index contributed by atoms with van der Waals surface area (Å²) in [5, 5.41) is 3.85. The summed E-state index contributed by atoms with van der Waals surface area (Å²) in [6.07, 6.45) is 1.64. The molecule has 0 saturated heterocycles. The van der Waals surface area contributed by atoms with Gasteiger partial charge < -0.3 is 11.1 Å². The minimum Gasteiger partial charge on any atom is -0.397 e. The molecule has 4 heteroatoms. The molecule has 0 amide bonds. The van der Waals surface area contributed by atoms with Gasteiger partial charge in [0.05, 0.1) is 22.6 Å². The van der Waals surface area contributed by atoms with Crippen LogP contribution in [-0.2, 0) is 0 Å². The van der Waals surface area contributed by atoms with Gasteiger partial charge in [0.2, 0.25) is 0 Å². The van der Waals surface area contributed by atoms with Gasteiger partial charge in [-0.1, -0.05) is 17.7 Å². The zero-order valence-corrected chi connectivity index (χ0v) is 10.5. The first kappa shape index (κ1) is 11.7. The summed E-state index contributed by atoms with van der Waals surface area (Å²) in [4.78, 5) is 4.20. The zero-order chi connectivity index (χ0) is 12.4. The first-order chi connectivity index (χ1) is 8.06. The van der Waals surface area contributed by atoms with Gasteiger partial charge in [-0.05, 0) is 43.2 Å². The van der Waals surface area contributed by atoms with Crippen molar-refractivity contribution in [3.8, 4) is 0 Å². The predicted molar refractivity (Wildman–Crippen MR) is 72.9 cm³/mol. The van der Waals surface area contributed by atoms with E-state index in [0.717, 1.165) is 22.6 Å². The average Bonchev–Trinajstić information content (AvgIpc) is 2.27. The zero-order valence-electron chi connectivity index (χ0n) is 9.79. The number of aromatic nitrogens is 1. The van der Waals surface area contributed by atoms with Gasteiger partial charge in [0.15, 0.2) is 0 Å². The van der Waals surface area contributed by atoms with Gasteiger partial charge in [0.25, 0.3) is 0 Å². The van der Waals surface area contributed by atoms with E-state index in [9.17, 15) is 0 Å². The number of nitrogens with one attached hydrogen (secondary N) is 1. The number of anilines is 3. The number of rotatable bonds is 2. The van der Waals surface area contributed by atoms with Crippen LogP contribution in [0.4, 0.5) is 17.2 Å². The Balaban J connectivity index is 2.28. The Hall–Kier alpha value is -1.74. The number of halogens is 1. The van der Waals surface area contributed by atoms with E-state index in [1.54, 1.807) is 6.20 Å². The summed E-state index contributed by atoms with van der Waals surface area (Å²) < 4.78 is 0. The van der Waals surface area contributed by atoms with Gasteiger partial charge in [0, 0.05) is 0 Å². The van der Waals surface area contributed by atoms with Crippen molar-refractivity contribution in [2.75, 3.05) is 11.1 Å². The van der Waals surface area contributed by atoms with Crippen molar-refractivity contribution in [3.05, 3.63) is 46.6 Å². The van der Waals surface area contributed by atoms with E-state index in [0.29, 0.717) is 10.7 Å². The largest absolute Gasteiger partial charge is 0.397 e. The van der Waals surface area contributed by atoms with Crippen LogP contribution in [0.1, 0.15) is 11.1 Å². The third-order valence-electron chi connectivity index (χ3n) is 2.54. The van der Waals surface area contributed by atoms with Crippen molar-refractivity contribution >= 4 is 28.8 Å². The Morgan fingerprint density at radius 3 is 2.65 bits per heavy atom. The number of hydrogen-bond acceptors (Lipinski definition) is 3. The molecule has 3 N–H and O–H groups in total. The molecular weight excluding hydrogens is 234 g/mol. The normalized spacial score (nSPS) is 10.3. The molecule has 0 bridgehead atoms. The number of hydrogen-bond donors (Lipinski definition) is 2. The highest BCUT2D eigenvalue weighted by molar-refractivity contribution is 6.33. The first-order valence-electron chi connectivity index (χ1n) is 5.31. The van der Waals surface area contributed by atoms with Gasteiger partial charge in [-0.2, -0.15) is 0 Å². The lowest BCUT2D eigenvalue weighted by Gasteiger charge is -2.09. The summed E-state index contributed by atoms with van der Waals surface area (Å²) in [6.45, 7) is 3.94. The van der Waals surface area contributed by atoms with Crippen LogP contribution >= 0.6 is 11.6 Å². The first-order valence-corrected chi connectivity index (χ1v) is 5.69. The van der Waals surface area contributed by atoms with Crippen LogP contribution in [0.5, 0.6) is 0 Å². The maximum atomic E-state index is 6.14. The minimum absolute atomic E-state index is 0.682. The highest BCUT2D eigenvalue weighted by atomic mass is 35.5. The third kappa shape index (κ3) is 2.68. The smallest absolute Gasteiger partial charge is 0.130 e. The van der Waals surface area contributed by atoms with E-state index < -0.39 is 0 Å². The number of nitrogen functional groups attached to an aromatic ring is 1. The lowest BCUT2D eigenvalue weighted by molar-refractivity contribution is 1.28. The van der Waals surface area contributed by atoms with Gasteiger partial charge in [-0.15, -0.1) is 0 Å². The summed E-state index contributed by atoms with van der Waals surface area (Å²) >= 11 is 6.14. The third-order valence-corrected chi connectivity index (χ3v) is 2.85. The molecule has 2 aromatic rings. The summed E-state index contributed by atoms with van der Waals surface area (Å²) in [6, 6.07) is 7.74. The maximum absolute atomic E-state index is 6.14. The number of nitrogens with two attached hydrogens (primary N) is 1. The summed E-state index contributed by atoms with van der Waals surface area (Å²) in [5.74, 6) is 0.738. The fourth-order valence-corrected chi connectivity index (χ4v) is 1.78. The Bertz CT molecular complexity index is 552. The number of benzene rings is 1. The predicted octanol–water partition coefficient (Wildman–Crippen LogP) is 3.68. The molecule has 0 spiro atoms. The molecule has 3 nitrogen and oxygen atoms in total. The lowest BCUT2D eigenvalue weighted by atomic mass is 10.2. The number of pyridine rings is 1. The minimum atomic E-state index is 0.682.